The van der Waals surface area contributed by atoms with Gasteiger partial charge in [0.05, 0.1) is 40.7 Å². The number of pyridine rings is 1. The third-order valence-corrected chi connectivity index (χ3v) is 6.05. The van der Waals surface area contributed by atoms with Gasteiger partial charge in [0.15, 0.2) is 0 Å². The number of nitrogens with two attached hydrogens (primary N) is 1. The zero-order valence-electron chi connectivity index (χ0n) is 19.3. The second-order valence-corrected chi connectivity index (χ2v) is 8.96. The summed E-state index contributed by atoms with van der Waals surface area (Å²) in [4.78, 5) is 30.9. The molecule has 11 heteroatoms. The number of carboxylic acid groups (broad SMARTS) is 1. The van der Waals surface area contributed by atoms with Crippen molar-refractivity contribution >= 4 is 23.3 Å². The molecule has 0 unspecified atom stereocenters. The van der Waals surface area contributed by atoms with Crippen LogP contribution in [0.4, 0.5) is 24.5 Å². The van der Waals surface area contributed by atoms with Crippen molar-refractivity contribution in [3.63, 3.8) is 0 Å². The Bertz CT molecular complexity index is 1160. The van der Waals surface area contributed by atoms with Gasteiger partial charge in [-0.3, -0.25) is 9.78 Å². The minimum atomic E-state index is -5.08. The van der Waals surface area contributed by atoms with Crippen LogP contribution in [0, 0.1) is 11.3 Å². The van der Waals surface area contributed by atoms with E-state index in [4.69, 9.17) is 15.6 Å². The van der Waals surface area contributed by atoms with Crippen LogP contribution in [0.3, 0.4) is 0 Å². The number of carboxylic acids is 1. The number of nitriles is 1. The molecule has 0 aliphatic carbocycles. The first-order chi connectivity index (χ1) is 16.4. The number of fused-ring (bicyclic) bond motifs is 1. The number of halogens is 3. The predicted molar refractivity (Wildman–Crippen MR) is 123 cm³/mol. The van der Waals surface area contributed by atoms with Gasteiger partial charge in [-0.25, -0.2) is 4.79 Å². The number of carbonyl (C=O) groups is 2. The van der Waals surface area contributed by atoms with E-state index in [9.17, 15) is 23.2 Å². The number of benzene rings is 1. The molecule has 0 bridgehead atoms. The number of carbonyl (C=O) groups excluding carboxylic acids is 1. The van der Waals surface area contributed by atoms with Crippen LogP contribution in [0.1, 0.15) is 43.5 Å². The quantitative estimate of drug-likeness (QED) is 0.678. The van der Waals surface area contributed by atoms with Crippen LogP contribution in [-0.2, 0) is 21.5 Å². The minimum absolute atomic E-state index is 0.0106. The number of rotatable bonds is 3. The molecule has 8 nitrogen and oxygen atoms in total. The molecule has 2 aliphatic rings. The molecular weight excluding hydrogens is 463 g/mol. The van der Waals surface area contributed by atoms with Crippen molar-refractivity contribution in [1.29, 1.82) is 5.26 Å². The average molecular weight is 489 g/mol. The summed E-state index contributed by atoms with van der Waals surface area (Å²) in [6, 6.07) is 11.8. The molecule has 186 valence electrons. The molecule has 1 saturated heterocycles. The number of alkyl halides is 3. The Labute approximate surface area is 200 Å². The van der Waals surface area contributed by atoms with Gasteiger partial charge >= 0.3 is 12.1 Å². The van der Waals surface area contributed by atoms with Crippen molar-refractivity contribution < 1.29 is 27.9 Å². The number of aliphatic carboxylic acids is 1. The largest absolute Gasteiger partial charge is 0.490 e. The fourth-order valence-electron chi connectivity index (χ4n) is 4.28. The molecule has 3 N–H and O–H groups in total. The number of hydrogen-bond donors (Lipinski definition) is 2. The third-order valence-electron chi connectivity index (χ3n) is 6.05. The molecule has 0 saturated carbocycles. The van der Waals surface area contributed by atoms with Crippen LogP contribution in [-0.4, -0.2) is 47.3 Å². The van der Waals surface area contributed by atoms with Crippen LogP contribution in [0.5, 0.6) is 0 Å². The van der Waals surface area contributed by atoms with E-state index < -0.39 is 17.6 Å². The summed E-state index contributed by atoms with van der Waals surface area (Å²) in [6.45, 7) is 5.89. The van der Waals surface area contributed by atoms with Crippen molar-refractivity contribution in [2.24, 2.45) is 5.73 Å². The van der Waals surface area contributed by atoms with Gasteiger partial charge in [0, 0.05) is 25.3 Å². The number of amides is 1. The highest BCUT2D eigenvalue weighted by Crippen LogP contribution is 2.46. The van der Waals surface area contributed by atoms with Crippen LogP contribution >= 0.6 is 0 Å². The van der Waals surface area contributed by atoms with Gasteiger partial charge in [0.25, 0.3) is 0 Å². The van der Waals surface area contributed by atoms with Crippen LogP contribution in [0.2, 0.25) is 0 Å². The van der Waals surface area contributed by atoms with Crippen molar-refractivity contribution in [3.8, 4) is 6.07 Å². The summed E-state index contributed by atoms with van der Waals surface area (Å²) in [5.41, 5.74) is 9.60. The predicted octanol–water partition coefficient (Wildman–Crippen LogP) is 3.34. The fraction of sp³-hybridized carbons (Fsp3) is 0.417. The zero-order valence-corrected chi connectivity index (χ0v) is 19.3. The Kier molecular flexibility index (Phi) is 7.36. The third kappa shape index (κ3) is 5.38. The molecule has 3 heterocycles. The lowest BCUT2D eigenvalue weighted by atomic mass is 9.90. The Hall–Kier alpha value is -3.65. The molecule has 4 rings (SSSR count). The topological polar surface area (TPSA) is 124 Å². The van der Waals surface area contributed by atoms with E-state index >= 15 is 0 Å². The Morgan fingerprint density at radius 3 is 2.57 bits per heavy atom. The van der Waals surface area contributed by atoms with E-state index in [1.807, 2.05) is 38.1 Å². The Balaban J connectivity index is 0.000000429. The van der Waals surface area contributed by atoms with Gasteiger partial charge in [-0.2, -0.15) is 18.4 Å². The molecule has 2 aliphatic heterocycles. The SMILES string of the molecule is CC1(C)C(=O)N(Cc2ccccc2C#N)c2c(N3CCC[C@@H](N)C3)ccnc21.O=C(O)C(F)(F)F. The standard InChI is InChI=1S/C22H25N5O.C2HF3O2/c1-22(2)20-19(18(9-10-25-20)26-11-5-8-17(24)14-26)27(21(22)28)13-16-7-4-3-6-15(16)12-23;3-2(4,5)1(6)7/h3-4,6-7,9-10,17H,5,8,11,13-14,24H2,1-2H3;(H,6,7)/t17-;/m1./s1. The summed E-state index contributed by atoms with van der Waals surface area (Å²) in [7, 11) is 0. The van der Waals surface area contributed by atoms with E-state index in [2.05, 4.69) is 16.0 Å². The summed E-state index contributed by atoms with van der Waals surface area (Å²) in [6.07, 6.45) is -1.24. The number of piperidine rings is 1. The lowest BCUT2D eigenvalue weighted by molar-refractivity contribution is -0.192. The highest BCUT2D eigenvalue weighted by molar-refractivity contribution is 6.09. The maximum absolute atomic E-state index is 13.3. The van der Waals surface area contributed by atoms with E-state index in [0.29, 0.717) is 12.1 Å². The maximum atomic E-state index is 13.3. The van der Waals surface area contributed by atoms with Gasteiger partial charge in [-0.1, -0.05) is 18.2 Å². The number of aromatic nitrogens is 1. The number of hydrogen-bond acceptors (Lipinski definition) is 6. The van der Waals surface area contributed by atoms with Crippen molar-refractivity contribution in [2.45, 2.75) is 50.9 Å². The highest BCUT2D eigenvalue weighted by atomic mass is 19.4. The van der Waals surface area contributed by atoms with E-state index in [-0.39, 0.29) is 11.9 Å². The second-order valence-electron chi connectivity index (χ2n) is 8.96. The molecule has 1 amide bonds. The van der Waals surface area contributed by atoms with Gasteiger partial charge in [0.1, 0.15) is 0 Å². The number of nitrogens with zero attached hydrogens (tertiary/aromatic N) is 4. The first-order valence-electron chi connectivity index (χ1n) is 11.0. The average Bonchev–Trinajstić information content (AvgIpc) is 3.00. The molecule has 2 aromatic rings. The van der Waals surface area contributed by atoms with E-state index in [1.54, 1.807) is 17.2 Å². The molecule has 1 aromatic heterocycles. The molecule has 1 aromatic carbocycles. The van der Waals surface area contributed by atoms with Crippen LogP contribution < -0.4 is 15.5 Å². The molecule has 0 radical (unpaired) electrons. The van der Waals surface area contributed by atoms with Crippen LogP contribution in [0.25, 0.3) is 0 Å². The van der Waals surface area contributed by atoms with E-state index in [1.165, 1.54) is 0 Å². The zero-order chi connectivity index (χ0) is 26.0. The van der Waals surface area contributed by atoms with Crippen LogP contribution in [0.15, 0.2) is 36.5 Å². The molecule has 1 atom stereocenters. The van der Waals surface area contributed by atoms with Gasteiger partial charge in [-0.05, 0) is 44.4 Å². The van der Waals surface area contributed by atoms with Crippen molar-refractivity contribution in [2.75, 3.05) is 22.9 Å². The molecule has 35 heavy (non-hydrogen) atoms. The Morgan fingerprint density at radius 2 is 1.97 bits per heavy atom. The van der Waals surface area contributed by atoms with Gasteiger partial charge in [0.2, 0.25) is 5.91 Å². The molecule has 0 spiro atoms. The van der Waals surface area contributed by atoms with Gasteiger partial charge < -0.3 is 20.6 Å². The summed E-state index contributed by atoms with van der Waals surface area (Å²) in [5, 5.41) is 16.6. The smallest absolute Gasteiger partial charge is 0.475 e. The fourth-order valence-corrected chi connectivity index (χ4v) is 4.28. The Morgan fingerprint density at radius 1 is 1.31 bits per heavy atom. The summed E-state index contributed by atoms with van der Waals surface area (Å²) < 4.78 is 31.7. The first kappa shape index (κ1) is 26.0. The lowest BCUT2D eigenvalue weighted by Crippen LogP contribution is -2.43. The lowest BCUT2D eigenvalue weighted by Gasteiger charge is -2.35. The van der Waals surface area contributed by atoms with Gasteiger partial charge in [-0.15, -0.1) is 0 Å². The highest BCUT2D eigenvalue weighted by Gasteiger charge is 2.47. The van der Waals surface area contributed by atoms with Crippen molar-refractivity contribution in [1.82, 2.24) is 4.98 Å². The molecule has 1 fully saturated rings. The summed E-state index contributed by atoms with van der Waals surface area (Å²) in [5.74, 6) is -2.75. The minimum Gasteiger partial charge on any atom is -0.475 e. The van der Waals surface area contributed by atoms with E-state index in [0.717, 1.165) is 48.6 Å². The number of anilines is 2. The maximum Gasteiger partial charge on any atom is 0.490 e. The first-order valence-corrected chi connectivity index (χ1v) is 11.0. The normalized spacial score (nSPS) is 18.9. The second kappa shape index (κ2) is 9.92. The van der Waals surface area contributed by atoms with Crippen molar-refractivity contribution in [3.05, 3.63) is 53.3 Å². The monoisotopic (exact) mass is 489 g/mol. The molecular formula is C24H26F3N5O3. The summed E-state index contributed by atoms with van der Waals surface area (Å²) >= 11 is 0.